The molecule has 0 aliphatic heterocycles. The summed E-state index contributed by atoms with van der Waals surface area (Å²) < 4.78 is 7.27. The minimum absolute atomic E-state index is 0.0387. The van der Waals surface area contributed by atoms with E-state index in [0.29, 0.717) is 24.3 Å². The molecule has 3 nitrogen and oxygen atoms in total. The average Bonchev–Trinajstić information content (AvgIpc) is 3.08. The normalized spacial score (nSPS) is 15.8. The lowest BCUT2D eigenvalue weighted by Crippen LogP contribution is -2.13. The monoisotopic (exact) mass is 371 g/mol. The quantitative estimate of drug-likeness (QED) is 0.731. The van der Waals surface area contributed by atoms with Gasteiger partial charge in [0.25, 0.3) is 0 Å². The minimum atomic E-state index is 0.0387. The third-order valence-corrected chi connectivity index (χ3v) is 4.27. The van der Waals surface area contributed by atoms with Crippen LogP contribution in [0.15, 0.2) is 21.1 Å². The fourth-order valence-corrected chi connectivity index (χ4v) is 3.18. The summed E-state index contributed by atoms with van der Waals surface area (Å²) in [6, 6.07) is 5.64. The van der Waals surface area contributed by atoms with E-state index in [1.165, 1.54) is 0 Å². The fourth-order valence-electron chi connectivity index (χ4n) is 1.73. The second kappa shape index (κ2) is 5.41. The van der Waals surface area contributed by atoms with Crippen LogP contribution in [0.5, 0.6) is 5.75 Å². The van der Waals surface area contributed by atoms with Gasteiger partial charge in [-0.05, 0) is 56.8 Å². The van der Waals surface area contributed by atoms with Crippen molar-refractivity contribution in [3.8, 4) is 11.8 Å². The number of aldehydes is 1. The number of benzene rings is 1. The average molecular weight is 373 g/mol. The van der Waals surface area contributed by atoms with Gasteiger partial charge >= 0.3 is 0 Å². The molecule has 0 amide bonds. The number of hydrogen-bond acceptors (Lipinski definition) is 3. The molecule has 0 heterocycles. The van der Waals surface area contributed by atoms with Crippen LogP contribution in [0.2, 0.25) is 0 Å². The highest BCUT2D eigenvalue weighted by Gasteiger charge is 2.43. The highest BCUT2D eigenvalue weighted by Crippen LogP contribution is 2.49. The van der Waals surface area contributed by atoms with Gasteiger partial charge in [-0.15, -0.1) is 0 Å². The molecule has 0 N–H and O–H groups in total. The van der Waals surface area contributed by atoms with Gasteiger partial charge in [-0.2, -0.15) is 5.26 Å². The number of carbonyl (C=O) groups is 1. The smallest absolute Gasteiger partial charge is 0.150 e. The third-order valence-electron chi connectivity index (χ3n) is 3.09. The number of carbonyl (C=O) groups excluding carboxylic acids is 1. The number of nitriles is 1. The van der Waals surface area contributed by atoms with Gasteiger partial charge in [0.1, 0.15) is 12.0 Å². The molecule has 0 spiro atoms. The lowest BCUT2D eigenvalue weighted by molar-refractivity contribution is 0.112. The van der Waals surface area contributed by atoms with Crippen molar-refractivity contribution in [2.24, 2.45) is 5.41 Å². The molecule has 1 aliphatic carbocycles. The Labute approximate surface area is 122 Å². The van der Waals surface area contributed by atoms with E-state index in [-0.39, 0.29) is 5.41 Å². The van der Waals surface area contributed by atoms with E-state index in [4.69, 9.17) is 10.00 Å². The first-order valence-corrected chi connectivity index (χ1v) is 7.13. The van der Waals surface area contributed by atoms with Crippen molar-refractivity contribution in [3.05, 3.63) is 26.6 Å². The van der Waals surface area contributed by atoms with Gasteiger partial charge in [0.05, 0.1) is 21.6 Å². The molecule has 5 heteroatoms. The van der Waals surface area contributed by atoms with Crippen molar-refractivity contribution in [2.45, 2.75) is 19.3 Å². The maximum atomic E-state index is 10.7. The molecule has 18 heavy (non-hydrogen) atoms. The summed E-state index contributed by atoms with van der Waals surface area (Å²) >= 11 is 6.77. The van der Waals surface area contributed by atoms with Crippen LogP contribution in [0.25, 0.3) is 0 Å². The van der Waals surface area contributed by atoms with Crippen molar-refractivity contribution < 1.29 is 9.53 Å². The van der Waals surface area contributed by atoms with E-state index in [0.717, 1.165) is 28.1 Å². The zero-order valence-corrected chi connectivity index (χ0v) is 12.8. The Morgan fingerprint density at radius 1 is 1.39 bits per heavy atom. The number of halogens is 2. The van der Waals surface area contributed by atoms with Gasteiger partial charge < -0.3 is 4.74 Å². The molecule has 1 fully saturated rings. The fraction of sp³-hybridized carbons (Fsp3) is 0.385. The molecule has 0 radical (unpaired) electrons. The van der Waals surface area contributed by atoms with E-state index in [1.807, 2.05) is 0 Å². The van der Waals surface area contributed by atoms with Gasteiger partial charge in [0.15, 0.2) is 0 Å². The van der Waals surface area contributed by atoms with Crippen LogP contribution in [-0.4, -0.2) is 12.9 Å². The Morgan fingerprint density at radius 3 is 2.44 bits per heavy atom. The summed E-state index contributed by atoms with van der Waals surface area (Å²) in [5, 5.41) is 8.75. The number of rotatable bonds is 5. The predicted octanol–water partition coefficient (Wildman–Crippen LogP) is 4.10. The zero-order valence-electron chi connectivity index (χ0n) is 9.58. The second-order valence-corrected chi connectivity index (χ2v) is 6.26. The molecular weight excluding hydrogens is 362 g/mol. The largest absolute Gasteiger partial charge is 0.491 e. The zero-order chi connectivity index (χ0) is 13.2. The molecule has 1 aromatic carbocycles. The summed E-state index contributed by atoms with van der Waals surface area (Å²) in [5.41, 5.74) is 0.621. The lowest BCUT2D eigenvalue weighted by Gasteiger charge is -2.15. The SMILES string of the molecule is N#CCC1(COc2c(Br)cc(C=O)cc2Br)CC1. The Bertz CT molecular complexity index is 495. The standard InChI is InChI=1S/C13H11Br2NO2/c14-10-5-9(7-17)6-11(15)12(10)18-8-13(1-2-13)3-4-16/h5-7H,1-3,8H2. The van der Waals surface area contributed by atoms with E-state index >= 15 is 0 Å². The van der Waals surface area contributed by atoms with E-state index in [2.05, 4.69) is 37.9 Å². The molecule has 0 saturated heterocycles. The number of nitrogens with zero attached hydrogens (tertiary/aromatic N) is 1. The van der Waals surface area contributed by atoms with Gasteiger partial charge in [-0.1, -0.05) is 0 Å². The Kier molecular flexibility index (Phi) is 4.08. The number of ether oxygens (including phenoxy) is 1. The number of hydrogen-bond donors (Lipinski definition) is 0. The highest BCUT2D eigenvalue weighted by molar-refractivity contribution is 9.11. The van der Waals surface area contributed by atoms with Gasteiger partial charge in [-0.3, -0.25) is 4.79 Å². The van der Waals surface area contributed by atoms with Crippen LogP contribution in [0, 0.1) is 16.7 Å². The summed E-state index contributed by atoms with van der Waals surface area (Å²) in [4.78, 5) is 10.7. The van der Waals surface area contributed by atoms with Crippen LogP contribution < -0.4 is 4.74 Å². The first-order valence-electron chi connectivity index (χ1n) is 5.54. The van der Waals surface area contributed by atoms with Crippen molar-refractivity contribution in [1.82, 2.24) is 0 Å². The van der Waals surface area contributed by atoms with Gasteiger partial charge in [0, 0.05) is 17.4 Å². The molecule has 1 aliphatic rings. The maximum absolute atomic E-state index is 10.7. The van der Waals surface area contributed by atoms with Crippen molar-refractivity contribution >= 4 is 38.1 Å². The third kappa shape index (κ3) is 2.93. The molecular formula is C13H11Br2NO2. The van der Waals surface area contributed by atoms with Crippen molar-refractivity contribution in [3.63, 3.8) is 0 Å². The molecule has 0 bridgehead atoms. The van der Waals surface area contributed by atoms with Crippen molar-refractivity contribution in [2.75, 3.05) is 6.61 Å². The Hall–Kier alpha value is -0.860. The topological polar surface area (TPSA) is 50.1 Å². The van der Waals surface area contributed by atoms with Crippen LogP contribution >= 0.6 is 31.9 Å². The molecule has 94 valence electrons. The highest BCUT2D eigenvalue weighted by atomic mass is 79.9. The van der Waals surface area contributed by atoms with Crippen LogP contribution in [0.4, 0.5) is 0 Å². The predicted molar refractivity (Wildman–Crippen MR) is 74.6 cm³/mol. The van der Waals surface area contributed by atoms with E-state index in [9.17, 15) is 4.79 Å². The minimum Gasteiger partial charge on any atom is -0.491 e. The van der Waals surface area contributed by atoms with Crippen LogP contribution in [-0.2, 0) is 0 Å². The molecule has 1 aromatic rings. The first kappa shape index (κ1) is 13.6. The molecule has 1 saturated carbocycles. The summed E-state index contributed by atoms with van der Waals surface area (Å²) in [5.74, 6) is 0.685. The summed E-state index contributed by atoms with van der Waals surface area (Å²) in [6.07, 6.45) is 3.41. The van der Waals surface area contributed by atoms with E-state index < -0.39 is 0 Å². The molecule has 2 rings (SSSR count). The molecule has 0 atom stereocenters. The van der Waals surface area contributed by atoms with E-state index in [1.54, 1.807) is 12.1 Å². The maximum Gasteiger partial charge on any atom is 0.150 e. The second-order valence-electron chi connectivity index (χ2n) is 4.56. The van der Waals surface area contributed by atoms with Gasteiger partial charge in [-0.25, -0.2) is 0 Å². The molecule has 0 unspecified atom stereocenters. The molecule has 0 aromatic heterocycles. The van der Waals surface area contributed by atoms with Crippen LogP contribution in [0.3, 0.4) is 0 Å². The van der Waals surface area contributed by atoms with Crippen LogP contribution in [0.1, 0.15) is 29.6 Å². The summed E-state index contributed by atoms with van der Waals surface area (Å²) in [6.45, 7) is 0.540. The van der Waals surface area contributed by atoms with Crippen molar-refractivity contribution in [1.29, 1.82) is 5.26 Å². The Balaban J connectivity index is 2.11. The Morgan fingerprint density at radius 2 is 2.00 bits per heavy atom. The van der Waals surface area contributed by atoms with Gasteiger partial charge in [0.2, 0.25) is 0 Å². The lowest BCUT2D eigenvalue weighted by atomic mass is 10.1. The summed E-state index contributed by atoms with van der Waals surface area (Å²) in [7, 11) is 0. The first-order chi connectivity index (χ1) is 8.60.